The van der Waals surface area contributed by atoms with Gasteiger partial charge in [0.2, 0.25) is 5.91 Å². The van der Waals surface area contributed by atoms with Gasteiger partial charge in [0, 0.05) is 29.7 Å². The smallest absolute Gasteiger partial charge is 0.322 e. The zero-order chi connectivity index (χ0) is 14.5. The van der Waals surface area contributed by atoms with E-state index in [0.717, 1.165) is 19.3 Å². The number of halogens is 1. The highest BCUT2D eigenvalue weighted by Gasteiger charge is 2.27. The predicted octanol–water partition coefficient (Wildman–Crippen LogP) is 2.60. The van der Waals surface area contributed by atoms with Gasteiger partial charge in [0.1, 0.15) is 0 Å². The Morgan fingerprint density at radius 2 is 2.00 bits per heavy atom. The summed E-state index contributed by atoms with van der Waals surface area (Å²) in [6.07, 6.45) is 3.00. The van der Waals surface area contributed by atoms with E-state index in [4.69, 9.17) is 17.3 Å². The molecule has 0 unspecified atom stereocenters. The third-order valence-electron chi connectivity index (χ3n) is 3.42. The summed E-state index contributed by atoms with van der Waals surface area (Å²) in [6, 6.07) is 6.62. The topological polar surface area (TPSA) is 75.4 Å². The Labute approximate surface area is 123 Å². The number of benzene rings is 1. The van der Waals surface area contributed by atoms with Crippen molar-refractivity contribution in [1.82, 2.24) is 4.90 Å². The molecule has 108 valence electrons. The summed E-state index contributed by atoms with van der Waals surface area (Å²) >= 11 is 5.80. The highest BCUT2D eigenvalue weighted by Crippen LogP contribution is 2.21. The fraction of sp³-hybridized carbons (Fsp3) is 0.429. The first-order chi connectivity index (χ1) is 9.56. The molecular weight excluding hydrogens is 278 g/mol. The van der Waals surface area contributed by atoms with Crippen LogP contribution in [0.2, 0.25) is 5.02 Å². The van der Waals surface area contributed by atoms with Crippen LogP contribution in [0.3, 0.4) is 0 Å². The molecule has 1 aromatic carbocycles. The number of likely N-dealkylation sites (tertiary alicyclic amines) is 1. The van der Waals surface area contributed by atoms with Crippen LogP contribution in [0.5, 0.6) is 0 Å². The average Bonchev–Trinajstić information content (AvgIpc) is 2.41. The van der Waals surface area contributed by atoms with Crippen molar-refractivity contribution in [2.45, 2.75) is 31.7 Å². The molecule has 1 aliphatic rings. The van der Waals surface area contributed by atoms with Crippen molar-refractivity contribution >= 4 is 29.2 Å². The van der Waals surface area contributed by atoms with Gasteiger partial charge >= 0.3 is 6.03 Å². The van der Waals surface area contributed by atoms with Gasteiger partial charge in [-0.2, -0.15) is 0 Å². The summed E-state index contributed by atoms with van der Waals surface area (Å²) in [5.41, 5.74) is 5.93. The number of urea groups is 1. The van der Waals surface area contributed by atoms with Crippen molar-refractivity contribution in [3.8, 4) is 0 Å². The third-order valence-corrected chi connectivity index (χ3v) is 3.67. The molecule has 1 fully saturated rings. The van der Waals surface area contributed by atoms with E-state index in [1.807, 2.05) is 0 Å². The predicted molar refractivity (Wildman–Crippen MR) is 78.6 cm³/mol. The minimum atomic E-state index is -0.374. The van der Waals surface area contributed by atoms with Crippen molar-refractivity contribution in [2.24, 2.45) is 5.73 Å². The number of anilines is 1. The van der Waals surface area contributed by atoms with Crippen LogP contribution in [0.1, 0.15) is 25.7 Å². The van der Waals surface area contributed by atoms with Crippen LogP contribution in [-0.4, -0.2) is 29.4 Å². The van der Waals surface area contributed by atoms with Gasteiger partial charge in [-0.05, 0) is 43.5 Å². The molecule has 0 saturated carbocycles. The van der Waals surface area contributed by atoms with Gasteiger partial charge in [-0.15, -0.1) is 0 Å². The lowest BCUT2D eigenvalue weighted by Crippen LogP contribution is -2.47. The second kappa shape index (κ2) is 6.61. The summed E-state index contributed by atoms with van der Waals surface area (Å²) in [5.74, 6) is -0.374. The van der Waals surface area contributed by atoms with Crippen molar-refractivity contribution < 1.29 is 9.59 Å². The minimum Gasteiger partial charge on any atom is -0.370 e. The largest absolute Gasteiger partial charge is 0.370 e. The van der Waals surface area contributed by atoms with Crippen LogP contribution in [0, 0.1) is 0 Å². The molecule has 0 spiro atoms. The lowest BCUT2D eigenvalue weighted by molar-refractivity contribution is -0.119. The second-order valence-corrected chi connectivity index (χ2v) is 5.39. The lowest BCUT2D eigenvalue weighted by Gasteiger charge is -2.35. The Morgan fingerprint density at radius 1 is 1.30 bits per heavy atom. The molecule has 0 bridgehead atoms. The molecule has 6 heteroatoms. The maximum atomic E-state index is 12.3. The normalized spacial score (nSPS) is 18.6. The van der Waals surface area contributed by atoms with Crippen LogP contribution in [0.15, 0.2) is 24.3 Å². The highest BCUT2D eigenvalue weighted by atomic mass is 35.5. The van der Waals surface area contributed by atoms with E-state index in [1.54, 1.807) is 29.2 Å². The number of piperidine rings is 1. The summed E-state index contributed by atoms with van der Waals surface area (Å²) in [6.45, 7) is 0.650. The molecule has 3 N–H and O–H groups in total. The van der Waals surface area contributed by atoms with Gasteiger partial charge in [0.25, 0.3) is 0 Å². The molecule has 1 atom stereocenters. The van der Waals surface area contributed by atoms with E-state index in [2.05, 4.69) is 5.32 Å². The van der Waals surface area contributed by atoms with Crippen LogP contribution in [0.4, 0.5) is 10.5 Å². The molecule has 20 heavy (non-hydrogen) atoms. The second-order valence-electron chi connectivity index (χ2n) is 4.95. The molecule has 1 aromatic rings. The van der Waals surface area contributed by atoms with Crippen molar-refractivity contribution in [2.75, 3.05) is 11.9 Å². The first kappa shape index (κ1) is 14.7. The summed E-state index contributed by atoms with van der Waals surface area (Å²) in [5, 5.41) is 3.44. The molecule has 2 rings (SSSR count). The van der Waals surface area contributed by atoms with Crippen molar-refractivity contribution in [1.29, 1.82) is 0 Å². The standard InChI is InChI=1S/C14H18ClN3O2/c15-10-4-6-11(7-5-10)17-14(20)18-8-2-1-3-12(18)9-13(16)19/h4-7,12H,1-3,8-9H2,(H2,16,19)(H,17,20)/t12-/m1/s1. The Hall–Kier alpha value is -1.75. The van der Waals surface area contributed by atoms with Crippen LogP contribution < -0.4 is 11.1 Å². The zero-order valence-electron chi connectivity index (χ0n) is 11.1. The molecule has 3 amide bonds. The number of hydrogen-bond donors (Lipinski definition) is 2. The van der Waals surface area contributed by atoms with E-state index in [-0.39, 0.29) is 24.4 Å². The number of carbonyl (C=O) groups excluding carboxylic acids is 2. The Morgan fingerprint density at radius 3 is 2.65 bits per heavy atom. The summed E-state index contributed by atoms with van der Waals surface area (Å²) in [4.78, 5) is 25.1. The lowest BCUT2D eigenvalue weighted by atomic mass is 9.99. The van der Waals surface area contributed by atoms with E-state index in [9.17, 15) is 9.59 Å². The van der Waals surface area contributed by atoms with Crippen LogP contribution in [0.25, 0.3) is 0 Å². The molecule has 0 aromatic heterocycles. The SMILES string of the molecule is NC(=O)C[C@H]1CCCCN1C(=O)Nc1ccc(Cl)cc1. The number of nitrogens with zero attached hydrogens (tertiary/aromatic N) is 1. The number of nitrogens with one attached hydrogen (secondary N) is 1. The number of nitrogens with two attached hydrogens (primary N) is 1. The number of primary amides is 1. The van der Waals surface area contributed by atoms with Gasteiger partial charge in [-0.1, -0.05) is 11.6 Å². The molecule has 1 heterocycles. The van der Waals surface area contributed by atoms with Crippen molar-refractivity contribution in [3.05, 3.63) is 29.3 Å². The molecule has 1 saturated heterocycles. The quantitative estimate of drug-likeness (QED) is 0.899. The van der Waals surface area contributed by atoms with E-state index >= 15 is 0 Å². The Kier molecular flexibility index (Phi) is 4.84. The van der Waals surface area contributed by atoms with Gasteiger partial charge in [0.15, 0.2) is 0 Å². The Bertz CT molecular complexity index is 490. The fourth-order valence-electron chi connectivity index (χ4n) is 2.44. The number of hydrogen-bond acceptors (Lipinski definition) is 2. The maximum Gasteiger partial charge on any atom is 0.322 e. The van der Waals surface area contributed by atoms with Gasteiger partial charge in [0.05, 0.1) is 0 Å². The molecule has 1 aliphatic heterocycles. The highest BCUT2D eigenvalue weighted by molar-refractivity contribution is 6.30. The number of rotatable bonds is 3. The number of carbonyl (C=O) groups is 2. The van der Waals surface area contributed by atoms with Crippen LogP contribution >= 0.6 is 11.6 Å². The summed E-state index contributed by atoms with van der Waals surface area (Å²) < 4.78 is 0. The first-order valence-corrected chi connectivity index (χ1v) is 7.05. The van der Waals surface area contributed by atoms with Gasteiger partial charge in [-0.3, -0.25) is 4.79 Å². The maximum absolute atomic E-state index is 12.3. The third kappa shape index (κ3) is 3.87. The molecule has 5 nitrogen and oxygen atoms in total. The van der Waals surface area contributed by atoms with Crippen LogP contribution in [-0.2, 0) is 4.79 Å². The molecular formula is C14H18ClN3O2. The van der Waals surface area contributed by atoms with Crippen molar-refractivity contribution in [3.63, 3.8) is 0 Å². The van der Waals surface area contributed by atoms with E-state index in [0.29, 0.717) is 17.3 Å². The van der Waals surface area contributed by atoms with E-state index < -0.39 is 0 Å². The monoisotopic (exact) mass is 295 g/mol. The minimum absolute atomic E-state index is 0.103. The van der Waals surface area contributed by atoms with Gasteiger partial charge in [-0.25, -0.2) is 4.79 Å². The molecule has 0 radical (unpaired) electrons. The average molecular weight is 296 g/mol. The molecule has 0 aliphatic carbocycles. The zero-order valence-corrected chi connectivity index (χ0v) is 11.9. The van der Waals surface area contributed by atoms with Gasteiger partial charge < -0.3 is 16.0 Å². The fourth-order valence-corrected chi connectivity index (χ4v) is 2.57. The first-order valence-electron chi connectivity index (χ1n) is 6.68. The Balaban J connectivity index is 2.01. The summed E-state index contributed by atoms with van der Waals surface area (Å²) in [7, 11) is 0. The number of amides is 3. The van der Waals surface area contributed by atoms with E-state index in [1.165, 1.54) is 0 Å².